The number of nitrogens with one attached hydrogen (secondary N) is 1. The molecule has 1 aliphatic rings. The van der Waals surface area contributed by atoms with Gasteiger partial charge in [0.1, 0.15) is 5.92 Å². The molecule has 2 atom stereocenters. The van der Waals surface area contributed by atoms with Crippen molar-refractivity contribution >= 4 is 17.6 Å². The summed E-state index contributed by atoms with van der Waals surface area (Å²) in [6.07, 6.45) is 1.37. The van der Waals surface area contributed by atoms with Crippen molar-refractivity contribution < 1.29 is 19.2 Å². The van der Waals surface area contributed by atoms with Crippen molar-refractivity contribution in [3.05, 3.63) is 88.1 Å². The van der Waals surface area contributed by atoms with Gasteiger partial charge >= 0.3 is 5.97 Å². The Bertz CT molecular complexity index is 926. The Balaban J connectivity index is 1.72. The minimum Gasteiger partial charge on any atom is -0.465 e. The molecule has 0 saturated carbocycles. The maximum atomic E-state index is 12.8. The van der Waals surface area contributed by atoms with E-state index in [1.54, 1.807) is 18.2 Å². The van der Waals surface area contributed by atoms with E-state index < -0.39 is 22.7 Å². The topological polar surface area (TPSA) is 98.5 Å². The molecule has 1 heterocycles. The number of piperidine rings is 1. The number of hydrogen-bond donors (Lipinski definition) is 1. The Kier molecular flexibility index (Phi) is 6.39. The molecule has 1 amide bonds. The van der Waals surface area contributed by atoms with E-state index in [1.807, 2.05) is 30.3 Å². The van der Waals surface area contributed by atoms with Crippen molar-refractivity contribution in [2.45, 2.75) is 25.2 Å². The highest BCUT2D eigenvalue weighted by molar-refractivity contribution is 5.87. The molecular formula is C22H22N2O5. The summed E-state index contributed by atoms with van der Waals surface area (Å²) < 4.78 is 5.44. The van der Waals surface area contributed by atoms with Gasteiger partial charge in [-0.1, -0.05) is 55.1 Å². The van der Waals surface area contributed by atoms with Gasteiger partial charge in [0.15, 0.2) is 0 Å². The lowest BCUT2D eigenvalue weighted by molar-refractivity contribution is -0.385. The van der Waals surface area contributed by atoms with Crippen LogP contribution in [0.15, 0.2) is 66.9 Å². The Morgan fingerprint density at radius 1 is 1.17 bits per heavy atom. The highest BCUT2D eigenvalue weighted by Crippen LogP contribution is 2.39. The number of carbonyl (C=O) groups excluding carboxylic acids is 2. The van der Waals surface area contributed by atoms with Crippen molar-refractivity contribution in [1.29, 1.82) is 0 Å². The maximum absolute atomic E-state index is 12.8. The number of carbonyl (C=O) groups is 2. The lowest BCUT2D eigenvalue weighted by Crippen LogP contribution is -2.41. The van der Waals surface area contributed by atoms with Crippen molar-refractivity contribution in [3.8, 4) is 0 Å². The van der Waals surface area contributed by atoms with Crippen molar-refractivity contribution in [1.82, 2.24) is 5.32 Å². The van der Waals surface area contributed by atoms with E-state index in [1.165, 1.54) is 6.07 Å². The Labute approximate surface area is 168 Å². The molecule has 0 spiro atoms. The minimum atomic E-state index is -0.870. The molecule has 3 rings (SSSR count). The smallest absolute Gasteiger partial charge is 0.315 e. The van der Waals surface area contributed by atoms with Crippen LogP contribution in [0.5, 0.6) is 0 Å². The Hall–Kier alpha value is -3.48. The minimum absolute atomic E-state index is 0.0480. The molecule has 29 heavy (non-hydrogen) atoms. The first-order valence-electron chi connectivity index (χ1n) is 9.40. The molecule has 0 bridgehead atoms. The second-order valence-electron chi connectivity index (χ2n) is 6.93. The van der Waals surface area contributed by atoms with E-state index >= 15 is 0 Å². The van der Waals surface area contributed by atoms with E-state index in [9.17, 15) is 19.7 Å². The number of aryl methyl sites for hydroxylation is 1. The number of rotatable bonds is 7. The van der Waals surface area contributed by atoms with Gasteiger partial charge in [-0.2, -0.15) is 0 Å². The highest BCUT2D eigenvalue weighted by atomic mass is 16.6. The van der Waals surface area contributed by atoms with Gasteiger partial charge < -0.3 is 10.1 Å². The number of nitro benzene ring substituents is 1. The van der Waals surface area contributed by atoms with E-state index in [-0.39, 0.29) is 30.3 Å². The summed E-state index contributed by atoms with van der Waals surface area (Å²) in [5.74, 6) is -2.43. The average molecular weight is 394 g/mol. The third-order valence-electron chi connectivity index (χ3n) is 4.97. The summed E-state index contributed by atoms with van der Waals surface area (Å²) in [5.41, 5.74) is 1.56. The molecule has 2 aromatic rings. The molecule has 2 aromatic carbocycles. The van der Waals surface area contributed by atoms with Crippen molar-refractivity contribution in [3.63, 3.8) is 0 Å². The van der Waals surface area contributed by atoms with E-state index in [2.05, 4.69) is 11.9 Å². The first kappa shape index (κ1) is 20.3. The van der Waals surface area contributed by atoms with Crippen LogP contribution in [0.3, 0.4) is 0 Å². The Morgan fingerprint density at radius 3 is 2.59 bits per heavy atom. The second-order valence-corrected chi connectivity index (χ2v) is 6.93. The summed E-state index contributed by atoms with van der Waals surface area (Å²) in [6, 6.07) is 16.0. The molecule has 1 aliphatic heterocycles. The zero-order valence-electron chi connectivity index (χ0n) is 15.9. The number of nitro groups is 1. The predicted molar refractivity (Wildman–Crippen MR) is 107 cm³/mol. The molecule has 7 heteroatoms. The summed E-state index contributed by atoms with van der Waals surface area (Å²) >= 11 is 0. The van der Waals surface area contributed by atoms with Gasteiger partial charge in [0.2, 0.25) is 5.91 Å². The molecule has 0 radical (unpaired) electrons. The van der Waals surface area contributed by atoms with Gasteiger partial charge in [-0.05, 0) is 18.4 Å². The predicted octanol–water partition coefficient (Wildman–Crippen LogP) is 3.50. The van der Waals surface area contributed by atoms with Crippen LogP contribution in [0, 0.1) is 16.0 Å². The van der Waals surface area contributed by atoms with Gasteiger partial charge in [0, 0.05) is 29.7 Å². The Morgan fingerprint density at radius 2 is 1.86 bits per heavy atom. The number of nitrogens with zero attached hydrogens (tertiary/aromatic N) is 1. The molecule has 1 saturated heterocycles. The van der Waals surface area contributed by atoms with Crippen LogP contribution in [0.4, 0.5) is 5.69 Å². The van der Waals surface area contributed by atoms with Crippen LogP contribution in [0.25, 0.3) is 0 Å². The number of amides is 1. The lowest BCUT2D eigenvalue weighted by Gasteiger charge is -2.31. The third-order valence-corrected chi connectivity index (χ3v) is 4.97. The molecule has 0 aliphatic carbocycles. The molecule has 1 fully saturated rings. The average Bonchev–Trinajstić information content (AvgIpc) is 2.71. The summed E-state index contributed by atoms with van der Waals surface area (Å²) in [4.78, 5) is 35.7. The van der Waals surface area contributed by atoms with Crippen LogP contribution in [0.2, 0.25) is 0 Å². The number of hydrogen-bond acceptors (Lipinski definition) is 5. The maximum Gasteiger partial charge on any atom is 0.315 e. The molecule has 150 valence electrons. The van der Waals surface area contributed by atoms with Crippen LogP contribution in [0.1, 0.15) is 29.9 Å². The van der Waals surface area contributed by atoms with Gasteiger partial charge in [-0.25, -0.2) is 0 Å². The summed E-state index contributed by atoms with van der Waals surface area (Å²) in [7, 11) is 0. The highest BCUT2D eigenvalue weighted by Gasteiger charge is 2.41. The number of benzene rings is 2. The molecule has 0 unspecified atom stereocenters. The van der Waals surface area contributed by atoms with Crippen molar-refractivity contribution in [2.24, 2.45) is 5.92 Å². The van der Waals surface area contributed by atoms with Gasteiger partial charge in [0.25, 0.3) is 5.69 Å². The SMILES string of the molecule is C=C1NC(=O)C[C@H](c2ccccc2[N+](=O)[O-])[C@H]1C(=O)OCCCc1ccccc1. The zero-order chi connectivity index (χ0) is 20.8. The molecule has 1 N–H and O–H groups in total. The van der Waals surface area contributed by atoms with E-state index in [0.29, 0.717) is 12.0 Å². The zero-order valence-corrected chi connectivity index (χ0v) is 15.9. The molecular weight excluding hydrogens is 372 g/mol. The second kappa shape index (κ2) is 9.14. The first-order chi connectivity index (χ1) is 14.0. The van der Waals surface area contributed by atoms with E-state index in [0.717, 1.165) is 12.0 Å². The fourth-order valence-corrected chi connectivity index (χ4v) is 3.62. The monoisotopic (exact) mass is 394 g/mol. The molecule has 0 aromatic heterocycles. The largest absolute Gasteiger partial charge is 0.465 e. The fraction of sp³-hybridized carbons (Fsp3) is 0.273. The lowest BCUT2D eigenvalue weighted by atomic mass is 9.78. The number of para-hydroxylation sites is 1. The van der Waals surface area contributed by atoms with E-state index in [4.69, 9.17) is 4.74 Å². The first-order valence-corrected chi connectivity index (χ1v) is 9.40. The van der Waals surface area contributed by atoms with Gasteiger partial charge in [0.05, 0.1) is 11.5 Å². The van der Waals surface area contributed by atoms with Gasteiger partial charge in [-0.15, -0.1) is 0 Å². The third kappa shape index (κ3) is 4.87. The van der Waals surface area contributed by atoms with Crippen LogP contribution in [-0.4, -0.2) is 23.4 Å². The number of esters is 1. The standard InChI is InChI=1S/C22H22N2O5/c1-15-21(22(26)29-13-7-10-16-8-3-2-4-9-16)18(14-20(25)23-15)17-11-5-6-12-19(17)24(27)28/h2-6,8-9,11-12,18,21H,1,7,10,13-14H2,(H,23,25)/t18-,21+/m1/s1. The molecule has 7 nitrogen and oxygen atoms in total. The van der Waals surface area contributed by atoms with Crippen LogP contribution < -0.4 is 5.32 Å². The quantitative estimate of drug-likeness (QED) is 0.335. The van der Waals surface area contributed by atoms with Gasteiger partial charge in [-0.3, -0.25) is 19.7 Å². The fourth-order valence-electron chi connectivity index (χ4n) is 3.62. The summed E-state index contributed by atoms with van der Waals surface area (Å²) in [6.45, 7) is 4.01. The number of ether oxygens (including phenoxy) is 1. The summed E-state index contributed by atoms with van der Waals surface area (Å²) in [5, 5.41) is 14.0. The van der Waals surface area contributed by atoms with Crippen LogP contribution >= 0.6 is 0 Å². The van der Waals surface area contributed by atoms with Crippen LogP contribution in [-0.2, 0) is 20.7 Å². The van der Waals surface area contributed by atoms with Crippen molar-refractivity contribution in [2.75, 3.05) is 6.61 Å². The normalized spacial score (nSPS) is 18.8.